The lowest BCUT2D eigenvalue weighted by atomic mass is 10.2. The van der Waals surface area contributed by atoms with Gasteiger partial charge in [0.15, 0.2) is 5.13 Å². The van der Waals surface area contributed by atoms with Gasteiger partial charge < -0.3 is 5.11 Å². The Morgan fingerprint density at radius 3 is 2.48 bits per heavy atom. The van der Waals surface area contributed by atoms with Gasteiger partial charge in [0.25, 0.3) is 10.0 Å². The van der Waals surface area contributed by atoms with E-state index >= 15 is 0 Å². The normalized spacial score (nSPS) is 11.8. The molecule has 2 rings (SSSR count). The Morgan fingerprint density at radius 1 is 1.29 bits per heavy atom. The molecule has 0 atom stereocenters. The maximum atomic E-state index is 12.3. The average molecular weight is 326 g/mol. The molecule has 2 N–H and O–H groups in total. The fraction of sp³-hybridized carbons (Fsp3) is 0.357. The van der Waals surface area contributed by atoms with Gasteiger partial charge in [-0.25, -0.2) is 13.4 Å². The van der Waals surface area contributed by atoms with Gasteiger partial charge in [-0.05, 0) is 30.0 Å². The summed E-state index contributed by atoms with van der Waals surface area (Å²) < 4.78 is 27.0. The molecule has 114 valence electrons. The highest BCUT2D eigenvalue weighted by Crippen LogP contribution is 2.24. The van der Waals surface area contributed by atoms with E-state index in [-0.39, 0.29) is 17.4 Å². The first-order chi connectivity index (χ1) is 9.92. The van der Waals surface area contributed by atoms with Crippen molar-refractivity contribution in [3.05, 3.63) is 40.9 Å². The van der Waals surface area contributed by atoms with E-state index in [2.05, 4.69) is 9.71 Å². The summed E-state index contributed by atoms with van der Waals surface area (Å²) in [6.07, 6.45) is 0.512. The van der Waals surface area contributed by atoms with E-state index in [0.717, 1.165) is 11.3 Å². The molecule has 5 nitrogen and oxygen atoms in total. The summed E-state index contributed by atoms with van der Waals surface area (Å²) in [5.74, 6) is 0.261. The molecule has 0 unspecified atom stereocenters. The number of hydrogen-bond donors (Lipinski definition) is 2. The molecule has 0 spiro atoms. The molecule has 7 heteroatoms. The van der Waals surface area contributed by atoms with E-state index in [1.54, 1.807) is 12.1 Å². The summed E-state index contributed by atoms with van der Waals surface area (Å²) in [4.78, 5) is 4.45. The molecule has 21 heavy (non-hydrogen) atoms. The van der Waals surface area contributed by atoms with Crippen molar-refractivity contribution < 1.29 is 13.5 Å². The van der Waals surface area contributed by atoms with E-state index in [1.165, 1.54) is 23.5 Å². The molecule has 0 fully saturated rings. The Morgan fingerprint density at radius 2 is 1.95 bits per heavy atom. The van der Waals surface area contributed by atoms with Gasteiger partial charge in [0.05, 0.1) is 10.6 Å². The van der Waals surface area contributed by atoms with Crippen molar-refractivity contribution in [1.29, 1.82) is 0 Å². The second-order valence-electron chi connectivity index (χ2n) is 4.96. The standard InChI is InChI=1S/C14H18N2O3S2/c1-10(2)13-9-20-14(15-13)16-21(18,19)12-5-3-11(4-6-12)7-8-17/h3-6,9-10,17H,7-8H2,1-2H3,(H,15,16). The molecule has 0 saturated carbocycles. The first-order valence-electron chi connectivity index (χ1n) is 6.60. The van der Waals surface area contributed by atoms with Crippen LogP contribution in [0, 0.1) is 0 Å². The minimum Gasteiger partial charge on any atom is -0.396 e. The predicted molar refractivity (Wildman–Crippen MR) is 84.2 cm³/mol. The van der Waals surface area contributed by atoms with Crippen LogP contribution in [0.2, 0.25) is 0 Å². The second kappa shape index (κ2) is 6.55. The van der Waals surface area contributed by atoms with E-state index in [9.17, 15) is 8.42 Å². The molecule has 0 aliphatic carbocycles. The van der Waals surface area contributed by atoms with Crippen molar-refractivity contribution in [3.8, 4) is 0 Å². The highest BCUT2D eigenvalue weighted by molar-refractivity contribution is 7.93. The minimum absolute atomic E-state index is 0.0431. The SMILES string of the molecule is CC(C)c1csc(NS(=O)(=O)c2ccc(CCO)cc2)n1. The van der Waals surface area contributed by atoms with Gasteiger partial charge in [-0.1, -0.05) is 26.0 Å². The van der Waals surface area contributed by atoms with Crippen LogP contribution in [0.1, 0.15) is 31.0 Å². The average Bonchev–Trinajstić information content (AvgIpc) is 2.88. The number of hydrogen-bond acceptors (Lipinski definition) is 5. The first kappa shape index (κ1) is 15.9. The van der Waals surface area contributed by atoms with E-state index in [0.29, 0.717) is 11.6 Å². The molecule has 1 aromatic carbocycles. The molecule has 0 bridgehead atoms. The fourth-order valence-corrected chi connectivity index (χ4v) is 3.86. The van der Waals surface area contributed by atoms with Gasteiger partial charge in [-0.2, -0.15) is 0 Å². The maximum absolute atomic E-state index is 12.3. The van der Waals surface area contributed by atoms with E-state index in [4.69, 9.17) is 5.11 Å². The molecule has 0 saturated heterocycles. The lowest BCUT2D eigenvalue weighted by Gasteiger charge is -2.06. The van der Waals surface area contributed by atoms with Crippen molar-refractivity contribution in [3.63, 3.8) is 0 Å². The maximum Gasteiger partial charge on any atom is 0.263 e. The number of rotatable bonds is 6. The highest BCUT2D eigenvalue weighted by Gasteiger charge is 2.16. The zero-order valence-electron chi connectivity index (χ0n) is 11.9. The van der Waals surface area contributed by atoms with Crippen molar-refractivity contribution in [2.45, 2.75) is 31.1 Å². The van der Waals surface area contributed by atoms with Gasteiger partial charge >= 0.3 is 0 Å². The molecule has 0 radical (unpaired) electrons. The number of aliphatic hydroxyl groups excluding tert-OH is 1. The zero-order chi connectivity index (χ0) is 15.5. The van der Waals surface area contributed by atoms with Crippen LogP contribution in [-0.4, -0.2) is 25.1 Å². The van der Waals surface area contributed by atoms with Gasteiger partial charge in [0.2, 0.25) is 0 Å². The number of nitrogens with zero attached hydrogens (tertiary/aromatic N) is 1. The third-order valence-electron chi connectivity index (χ3n) is 2.97. The summed E-state index contributed by atoms with van der Waals surface area (Å²) in [6.45, 7) is 4.06. The number of aliphatic hydroxyl groups is 1. The molecular formula is C14H18N2O3S2. The topological polar surface area (TPSA) is 79.3 Å². The smallest absolute Gasteiger partial charge is 0.263 e. The van der Waals surface area contributed by atoms with Crippen LogP contribution >= 0.6 is 11.3 Å². The lowest BCUT2D eigenvalue weighted by molar-refractivity contribution is 0.299. The largest absolute Gasteiger partial charge is 0.396 e. The van der Waals surface area contributed by atoms with Gasteiger partial charge in [0, 0.05) is 12.0 Å². The van der Waals surface area contributed by atoms with Gasteiger partial charge in [-0.15, -0.1) is 11.3 Å². The van der Waals surface area contributed by atoms with E-state index < -0.39 is 10.0 Å². The second-order valence-corrected chi connectivity index (χ2v) is 7.50. The Kier molecular flexibility index (Phi) is 4.97. The zero-order valence-corrected chi connectivity index (χ0v) is 13.5. The number of sulfonamides is 1. The van der Waals surface area contributed by atoms with Crippen molar-refractivity contribution in [2.24, 2.45) is 0 Å². The van der Waals surface area contributed by atoms with Gasteiger partial charge in [0.1, 0.15) is 0 Å². The van der Waals surface area contributed by atoms with Crippen LogP contribution in [0.4, 0.5) is 5.13 Å². The van der Waals surface area contributed by atoms with Crippen molar-refractivity contribution in [1.82, 2.24) is 4.98 Å². The lowest BCUT2D eigenvalue weighted by Crippen LogP contribution is -2.13. The highest BCUT2D eigenvalue weighted by atomic mass is 32.2. The quantitative estimate of drug-likeness (QED) is 0.855. The van der Waals surface area contributed by atoms with Crippen LogP contribution in [0.15, 0.2) is 34.5 Å². The Labute approximate surface area is 128 Å². The molecule has 0 aliphatic heterocycles. The minimum atomic E-state index is -3.62. The first-order valence-corrected chi connectivity index (χ1v) is 8.96. The molecule has 1 aromatic heterocycles. The number of nitrogens with one attached hydrogen (secondary N) is 1. The summed E-state index contributed by atoms with van der Waals surface area (Å²) >= 11 is 1.28. The predicted octanol–water partition coefficient (Wildman–Crippen LogP) is 2.60. The number of anilines is 1. The number of benzene rings is 1. The van der Waals surface area contributed by atoms with Crippen molar-refractivity contribution in [2.75, 3.05) is 11.3 Å². The summed E-state index contributed by atoms with van der Waals surface area (Å²) in [6, 6.07) is 6.47. The van der Waals surface area contributed by atoms with Crippen LogP contribution < -0.4 is 4.72 Å². The van der Waals surface area contributed by atoms with Gasteiger partial charge in [-0.3, -0.25) is 4.72 Å². The van der Waals surface area contributed by atoms with Crippen LogP contribution in [0.3, 0.4) is 0 Å². The molecule has 2 aromatic rings. The Bertz CT molecular complexity index is 691. The third-order valence-corrected chi connectivity index (χ3v) is 5.23. The van der Waals surface area contributed by atoms with Crippen LogP contribution in [-0.2, 0) is 16.4 Å². The summed E-state index contributed by atoms with van der Waals surface area (Å²) in [7, 11) is -3.62. The third kappa shape index (κ3) is 4.03. The number of thiazole rings is 1. The Balaban J connectivity index is 2.17. The molecule has 1 heterocycles. The molecular weight excluding hydrogens is 308 g/mol. The monoisotopic (exact) mass is 326 g/mol. The van der Waals surface area contributed by atoms with Crippen molar-refractivity contribution >= 4 is 26.5 Å². The molecule has 0 aliphatic rings. The number of aromatic nitrogens is 1. The fourth-order valence-electron chi connectivity index (χ4n) is 1.74. The molecule has 0 amide bonds. The van der Waals surface area contributed by atoms with Crippen LogP contribution in [0.25, 0.3) is 0 Å². The summed E-state index contributed by atoms with van der Waals surface area (Å²) in [5.41, 5.74) is 1.77. The van der Waals surface area contributed by atoms with E-state index in [1.807, 2.05) is 19.2 Å². The summed E-state index contributed by atoms with van der Waals surface area (Å²) in [5, 5.41) is 11.1. The Hall–Kier alpha value is -1.44. The van der Waals surface area contributed by atoms with Crippen LogP contribution in [0.5, 0.6) is 0 Å².